The highest BCUT2D eigenvalue weighted by molar-refractivity contribution is 6.07. The van der Waals surface area contributed by atoms with E-state index in [4.69, 9.17) is 14.0 Å². The van der Waals surface area contributed by atoms with Gasteiger partial charge in [-0.2, -0.15) is 0 Å². The van der Waals surface area contributed by atoms with Crippen molar-refractivity contribution in [2.45, 2.75) is 25.9 Å². The summed E-state index contributed by atoms with van der Waals surface area (Å²) in [4.78, 5) is 26.4. The summed E-state index contributed by atoms with van der Waals surface area (Å²) in [6.45, 7) is 3.45. The van der Waals surface area contributed by atoms with E-state index >= 15 is 0 Å². The van der Waals surface area contributed by atoms with Crippen molar-refractivity contribution in [3.63, 3.8) is 0 Å². The number of ether oxygens (including phenoxy) is 2. The van der Waals surface area contributed by atoms with E-state index in [9.17, 15) is 9.59 Å². The Balaban J connectivity index is 1.91. The van der Waals surface area contributed by atoms with E-state index in [0.717, 1.165) is 4.90 Å². The van der Waals surface area contributed by atoms with Crippen LogP contribution in [0.2, 0.25) is 0 Å². The Morgan fingerprint density at radius 1 is 1.20 bits per heavy atom. The van der Waals surface area contributed by atoms with Crippen molar-refractivity contribution in [2.75, 3.05) is 14.2 Å². The zero-order chi connectivity index (χ0) is 18.2. The highest BCUT2D eigenvalue weighted by atomic mass is 16.5. The second-order valence-electron chi connectivity index (χ2n) is 5.95. The van der Waals surface area contributed by atoms with Crippen LogP contribution in [0.1, 0.15) is 23.9 Å². The zero-order valence-electron chi connectivity index (χ0n) is 14.5. The molecule has 2 heterocycles. The Bertz CT molecular complexity index is 831. The number of nitrogens with one attached hydrogen (secondary N) is 1. The van der Waals surface area contributed by atoms with Gasteiger partial charge >= 0.3 is 6.03 Å². The van der Waals surface area contributed by atoms with Gasteiger partial charge in [0.15, 0.2) is 17.3 Å². The monoisotopic (exact) mass is 345 g/mol. The second-order valence-corrected chi connectivity index (χ2v) is 5.95. The van der Waals surface area contributed by atoms with Crippen LogP contribution in [0.4, 0.5) is 4.79 Å². The standard InChI is InChI=1S/C17H19N3O5/c1-10-7-12(25-19-10)9-20-15(21)17(2,18-16(20)22)11-5-6-13(23-3)14(8-11)24-4/h5-8H,9H2,1-4H3,(H,18,22)/t17-/m0/s1. The predicted octanol–water partition coefficient (Wildman–Crippen LogP) is 1.97. The summed E-state index contributed by atoms with van der Waals surface area (Å²) in [5.41, 5.74) is 0.0792. The molecule has 1 aromatic heterocycles. The maximum Gasteiger partial charge on any atom is 0.325 e. The molecule has 1 fully saturated rings. The van der Waals surface area contributed by atoms with Crippen LogP contribution in [0.3, 0.4) is 0 Å². The first-order valence-electron chi connectivity index (χ1n) is 7.68. The number of aryl methyl sites for hydroxylation is 1. The molecule has 25 heavy (non-hydrogen) atoms. The van der Waals surface area contributed by atoms with E-state index in [1.165, 1.54) is 14.2 Å². The van der Waals surface area contributed by atoms with Crippen molar-refractivity contribution in [1.82, 2.24) is 15.4 Å². The minimum Gasteiger partial charge on any atom is -0.493 e. The van der Waals surface area contributed by atoms with Gasteiger partial charge in [0.05, 0.1) is 26.5 Å². The third-order valence-electron chi connectivity index (χ3n) is 4.23. The first-order chi connectivity index (χ1) is 11.9. The Morgan fingerprint density at radius 2 is 1.92 bits per heavy atom. The van der Waals surface area contributed by atoms with Gasteiger partial charge in [0, 0.05) is 6.07 Å². The quantitative estimate of drug-likeness (QED) is 0.833. The summed E-state index contributed by atoms with van der Waals surface area (Å²) < 4.78 is 15.6. The third-order valence-corrected chi connectivity index (χ3v) is 4.23. The van der Waals surface area contributed by atoms with Crippen LogP contribution in [0.5, 0.6) is 11.5 Å². The van der Waals surface area contributed by atoms with Crippen molar-refractivity contribution in [3.8, 4) is 11.5 Å². The largest absolute Gasteiger partial charge is 0.493 e. The lowest BCUT2D eigenvalue weighted by Gasteiger charge is -2.23. The molecule has 8 nitrogen and oxygen atoms in total. The van der Waals surface area contributed by atoms with Crippen molar-refractivity contribution < 1.29 is 23.6 Å². The lowest BCUT2D eigenvalue weighted by Crippen LogP contribution is -2.40. The fourth-order valence-corrected chi connectivity index (χ4v) is 2.83. The van der Waals surface area contributed by atoms with Gasteiger partial charge in [0.2, 0.25) is 0 Å². The molecule has 0 bridgehead atoms. The molecule has 1 aliphatic heterocycles. The van der Waals surface area contributed by atoms with Crippen molar-refractivity contribution in [2.24, 2.45) is 0 Å². The van der Waals surface area contributed by atoms with Gasteiger partial charge in [-0.05, 0) is 31.5 Å². The summed E-state index contributed by atoms with van der Waals surface area (Å²) in [6.07, 6.45) is 0. The van der Waals surface area contributed by atoms with Gasteiger partial charge in [0.25, 0.3) is 5.91 Å². The van der Waals surface area contributed by atoms with Gasteiger partial charge in [0.1, 0.15) is 5.54 Å². The third kappa shape index (κ3) is 2.79. The van der Waals surface area contributed by atoms with Gasteiger partial charge in [-0.3, -0.25) is 9.69 Å². The number of rotatable bonds is 5. The SMILES string of the molecule is COc1ccc([C@]2(C)NC(=O)N(Cc3cc(C)no3)C2=O)cc1OC. The van der Waals surface area contributed by atoms with Gasteiger partial charge in [-0.15, -0.1) is 0 Å². The lowest BCUT2D eigenvalue weighted by molar-refractivity contribution is -0.131. The predicted molar refractivity (Wildman–Crippen MR) is 87.2 cm³/mol. The molecule has 1 atom stereocenters. The van der Waals surface area contributed by atoms with Crippen LogP contribution in [0.25, 0.3) is 0 Å². The fourth-order valence-electron chi connectivity index (χ4n) is 2.83. The molecule has 1 saturated heterocycles. The maximum absolute atomic E-state index is 12.9. The summed E-state index contributed by atoms with van der Waals surface area (Å²) >= 11 is 0. The Labute approximate surface area is 144 Å². The van der Waals surface area contributed by atoms with E-state index in [-0.39, 0.29) is 12.5 Å². The number of benzene rings is 1. The summed E-state index contributed by atoms with van der Waals surface area (Å²) in [5, 5.41) is 6.51. The van der Waals surface area contributed by atoms with Gasteiger partial charge in [-0.1, -0.05) is 11.2 Å². The minimum atomic E-state index is -1.20. The number of hydrogen-bond donors (Lipinski definition) is 1. The highest BCUT2D eigenvalue weighted by Gasteiger charge is 2.49. The summed E-state index contributed by atoms with van der Waals surface area (Å²) in [7, 11) is 3.04. The van der Waals surface area contributed by atoms with E-state index in [1.807, 2.05) is 0 Å². The Morgan fingerprint density at radius 3 is 2.52 bits per heavy atom. The molecule has 3 rings (SSSR count). The van der Waals surface area contributed by atoms with Crippen molar-refractivity contribution >= 4 is 11.9 Å². The number of nitrogens with zero attached hydrogens (tertiary/aromatic N) is 2. The van der Waals surface area contributed by atoms with Crippen LogP contribution < -0.4 is 14.8 Å². The maximum atomic E-state index is 12.9. The average molecular weight is 345 g/mol. The molecule has 0 saturated carbocycles. The fraction of sp³-hybridized carbons (Fsp3) is 0.353. The molecule has 8 heteroatoms. The molecule has 0 spiro atoms. The molecular formula is C17H19N3O5. The molecule has 1 N–H and O–H groups in total. The van der Waals surface area contributed by atoms with Crippen LogP contribution in [-0.2, 0) is 16.9 Å². The lowest BCUT2D eigenvalue weighted by atomic mass is 9.91. The van der Waals surface area contributed by atoms with E-state index in [2.05, 4.69) is 10.5 Å². The molecule has 3 amide bonds. The number of methoxy groups -OCH3 is 2. The molecular weight excluding hydrogens is 326 g/mol. The van der Waals surface area contributed by atoms with Crippen molar-refractivity contribution in [3.05, 3.63) is 41.3 Å². The number of urea groups is 1. The zero-order valence-corrected chi connectivity index (χ0v) is 14.5. The molecule has 1 aromatic carbocycles. The van der Waals surface area contributed by atoms with Gasteiger partial charge in [-0.25, -0.2) is 4.79 Å². The number of imide groups is 1. The number of hydrogen-bond acceptors (Lipinski definition) is 6. The first kappa shape index (κ1) is 16.8. The number of carbonyl (C=O) groups excluding carboxylic acids is 2. The van der Waals surface area contributed by atoms with Crippen LogP contribution in [0, 0.1) is 6.92 Å². The molecule has 2 aromatic rings. The molecule has 0 unspecified atom stereocenters. The molecule has 132 valence electrons. The second kappa shape index (κ2) is 6.12. The summed E-state index contributed by atoms with van der Waals surface area (Å²) in [5.74, 6) is 1.09. The molecule has 0 radical (unpaired) electrons. The smallest absolute Gasteiger partial charge is 0.325 e. The highest BCUT2D eigenvalue weighted by Crippen LogP contribution is 2.35. The van der Waals surface area contributed by atoms with E-state index < -0.39 is 11.6 Å². The number of aromatic nitrogens is 1. The number of carbonyl (C=O) groups is 2. The molecule has 0 aliphatic carbocycles. The molecule has 1 aliphatic rings. The Hall–Kier alpha value is -3.03. The van der Waals surface area contributed by atoms with E-state index in [0.29, 0.717) is 28.5 Å². The average Bonchev–Trinajstić information content (AvgIpc) is 3.11. The van der Waals surface area contributed by atoms with E-state index in [1.54, 1.807) is 38.1 Å². The van der Waals surface area contributed by atoms with Crippen molar-refractivity contribution in [1.29, 1.82) is 0 Å². The number of amides is 3. The van der Waals surface area contributed by atoms with Crippen LogP contribution in [-0.4, -0.2) is 36.2 Å². The first-order valence-corrected chi connectivity index (χ1v) is 7.68. The summed E-state index contributed by atoms with van der Waals surface area (Å²) in [6, 6.07) is 6.30. The van der Waals surface area contributed by atoms with Crippen LogP contribution in [0.15, 0.2) is 28.8 Å². The normalized spacial score (nSPS) is 19.9. The van der Waals surface area contributed by atoms with Crippen LogP contribution >= 0.6 is 0 Å². The topological polar surface area (TPSA) is 93.9 Å². The minimum absolute atomic E-state index is 0.0222. The van der Waals surface area contributed by atoms with Gasteiger partial charge < -0.3 is 19.3 Å². The Kier molecular flexibility index (Phi) is 4.12.